The van der Waals surface area contributed by atoms with E-state index >= 15 is 0 Å². The molecule has 1 aliphatic carbocycles. The first-order valence-corrected chi connectivity index (χ1v) is 8.01. The smallest absolute Gasteiger partial charge is 0.319 e. The number of esters is 1. The van der Waals surface area contributed by atoms with E-state index in [1.54, 1.807) is 11.8 Å². The lowest BCUT2D eigenvalue weighted by Gasteiger charge is -2.17. The third kappa shape index (κ3) is 2.83. The molecule has 0 atom stereocenters. The average Bonchev–Trinajstić information content (AvgIpc) is 3.30. The van der Waals surface area contributed by atoms with Crippen molar-refractivity contribution >= 4 is 11.9 Å². The fourth-order valence-electron chi connectivity index (χ4n) is 3.04. The van der Waals surface area contributed by atoms with E-state index in [1.807, 2.05) is 30.3 Å². The fourth-order valence-corrected chi connectivity index (χ4v) is 3.04. The molecule has 1 saturated carbocycles. The Labute approximate surface area is 135 Å². The Morgan fingerprint density at radius 3 is 2.61 bits per heavy atom. The maximum absolute atomic E-state index is 12.6. The molecule has 5 nitrogen and oxygen atoms in total. The summed E-state index contributed by atoms with van der Waals surface area (Å²) < 4.78 is 5.05. The highest BCUT2D eigenvalue weighted by Gasteiger charge is 2.57. The number of benzene rings is 1. The Balaban J connectivity index is 1.77. The fraction of sp³-hybridized carbons (Fsp3) is 0.444. The standard InChI is InChI=1S/C18H21NO4/c1-2-23-17(22)18(9-10-18)15(20)14-8-11-19(16(14)21)12-13-6-4-3-5-7-13/h3-7,20H,2,8-12H2,1H3/b15-14-. The molecule has 1 aliphatic heterocycles. The van der Waals surface area contributed by atoms with E-state index in [9.17, 15) is 14.7 Å². The summed E-state index contributed by atoms with van der Waals surface area (Å²) in [6.07, 6.45) is 1.57. The third-order valence-corrected chi connectivity index (χ3v) is 4.55. The van der Waals surface area contributed by atoms with E-state index in [2.05, 4.69) is 0 Å². The van der Waals surface area contributed by atoms with Gasteiger partial charge in [-0.25, -0.2) is 0 Å². The minimum Gasteiger partial charge on any atom is -0.511 e. The van der Waals surface area contributed by atoms with Gasteiger partial charge in [0.15, 0.2) is 0 Å². The van der Waals surface area contributed by atoms with Gasteiger partial charge in [0, 0.05) is 13.1 Å². The average molecular weight is 315 g/mol. The number of carbonyl (C=O) groups is 2. The van der Waals surface area contributed by atoms with E-state index in [-0.39, 0.29) is 18.3 Å². The first kappa shape index (κ1) is 15.6. The molecule has 122 valence electrons. The van der Waals surface area contributed by atoms with Gasteiger partial charge in [-0.2, -0.15) is 0 Å². The number of ether oxygens (including phenoxy) is 1. The zero-order valence-electron chi connectivity index (χ0n) is 13.2. The Kier molecular flexibility index (Phi) is 4.11. The Morgan fingerprint density at radius 2 is 2.00 bits per heavy atom. The maximum Gasteiger partial charge on any atom is 0.319 e. The maximum atomic E-state index is 12.6. The van der Waals surface area contributed by atoms with Crippen molar-refractivity contribution in [2.75, 3.05) is 13.2 Å². The molecule has 0 spiro atoms. The predicted molar refractivity (Wildman–Crippen MR) is 84.4 cm³/mol. The molecule has 1 saturated heterocycles. The Morgan fingerprint density at radius 1 is 1.30 bits per heavy atom. The zero-order chi connectivity index (χ0) is 16.4. The molecule has 1 aromatic rings. The van der Waals surface area contributed by atoms with Crippen LogP contribution in [0.25, 0.3) is 0 Å². The van der Waals surface area contributed by atoms with E-state index in [1.165, 1.54) is 0 Å². The number of amides is 1. The lowest BCUT2D eigenvalue weighted by atomic mass is 9.99. The molecular formula is C18H21NO4. The topological polar surface area (TPSA) is 66.8 Å². The van der Waals surface area contributed by atoms with Crippen LogP contribution < -0.4 is 0 Å². The first-order chi connectivity index (χ1) is 11.1. The van der Waals surface area contributed by atoms with Crippen LogP contribution >= 0.6 is 0 Å². The van der Waals surface area contributed by atoms with Crippen LogP contribution in [0.2, 0.25) is 0 Å². The van der Waals surface area contributed by atoms with Gasteiger partial charge in [-0.15, -0.1) is 0 Å². The highest BCUT2D eigenvalue weighted by atomic mass is 16.5. The molecule has 1 N–H and O–H groups in total. The van der Waals surface area contributed by atoms with Crippen LogP contribution in [0.1, 0.15) is 31.7 Å². The molecule has 2 fully saturated rings. The van der Waals surface area contributed by atoms with Crippen molar-refractivity contribution in [1.82, 2.24) is 4.90 Å². The molecule has 1 aromatic carbocycles. The molecule has 2 aliphatic rings. The summed E-state index contributed by atoms with van der Waals surface area (Å²) in [6, 6.07) is 9.74. The van der Waals surface area contributed by atoms with Crippen LogP contribution in [-0.2, 0) is 20.9 Å². The largest absolute Gasteiger partial charge is 0.511 e. The van der Waals surface area contributed by atoms with Gasteiger partial charge in [-0.3, -0.25) is 9.59 Å². The lowest BCUT2D eigenvalue weighted by molar-refractivity contribution is -0.149. The third-order valence-electron chi connectivity index (χ3n) is 4.55. The van der Waals surface area contributed by atoms with Crippen molar-refractivity contribution in [3.05, 3.63) is 47.2 Å². The number of aliphatic hydroxyl groups is 1. The molecular weight excluding hydrogens is 294 g/mol. The van der Waals surface area contributed by atoms with Gasteiger partial charge in [-0.1, -0.05) is 30.3 Å². The van der Waals surface area contributed by atoms with Gasteiger partial charge in [0.25, 0.3) is 5.91 Å². The number of hydrogen-bond acceptors (Lipinski definition) is 4. The van der Waals surface area contributed by atoms with Crippen LogP contribution in [-0.4, -0.2) is 35.0 Å². The molecule has 0 unspecified atom stereocenters. The quantitative estimate of drug-likeness (QED) is 0.515. The molecule has 3 rings (SSSR count). The van der Waals surface area contributed by atoms with Gasteiger partial charge < -0.3 is 14.7 Å². The van der Waals surface area contributed by atoms with Crippen LogP contribution in [0.3, 0.4) is 0 Å². The Bertz CT molecular complexity index is 646. The van der Waals surface area contributed by atoms with Crippen LogP contribution in [0, 0.1) is 5.41 Å². The van der Waals surface area contributed by atoms with Crippen molar-refractivity contribution in [3.63, 3.8) is 0 Å². The minimum absolute atomic E-state index is 0.0727. The second-order valence-electron chi connectivity index (χ2n) is 6.09. The van der Waals surface area contributed by atoms with Gasteiger partial charge in [0.1, 0.15) is 11.2 Å². The molecule has 5 heteroatoms. The highest BCUT2D eigenvalue weighted by molar-refractivity contribution is 5.98. The predicted octanol–water partition coefficient (Wildman–Crippen LogP) is 2.57. The van der Waals surface area contributed by atoms with Gasteiger partial charge in [-0.05, 0) is 31.7 Å². The monoisotopic (exact) mass is 315 g/mol. The summed E-state index contributed by atoms with van der Waals surface area (Å²) in [5.74, 6) is -0.669. The molecule has 0 bridgehead atoms. The summed E-state index contributed by atoms with van der Waals surface area (Å²) in [7, 11) is 0. The molecule has 1 heterocycles. The minimum atomic E-state index is -0.968. The number of rotatable bonds is 5. The van der Waals surface area contributed by atoms with Crippen LogP contribution in [0.4, 0.5) is 0 Å². The number of likely N-dealkylation sites (tertiary alicyclic amines) is 1. The lowest BCUT2D eigenvalue weighted by Crippen LogP contribution is -2.27. The van der Waals surface area contributed by atoms with E-state index in [4.69, 9.17) is 4.74 Å². The van der Waals surface area contributed by atoms with E-state index in [0.717, 1.165) is 5.56 Å². The van der Waals surface area contributed by atoms with Crippen molar-refractivity contribution in [1.29, 1.82) is 0 Å². The normalized spacial score (nSPS) is 21.3. The Hall–Kier alpha value is -2.30. The van der Waals surface area contributed by atoms with E-state index in [0.29, 0.717) is 37.9 Å². The molecule has 0 aromatic heterocycles. The second kappa shape index (κ2) is 6.07. The first-order valence-electron chi connectivity index (χ1n) is 8.01. The number of aliphatic hydroxyl groups excluding tert-OH is 1. The van der Waals surface area contributed by atoms with Crippen molar-refractivity contribution in [2.24, 2.45) is 5.41 Å². The molecule has 0 radical (unpaired) electrons. The van der Waals surface area contributed by atoms with Crippen LogP contribution in [0.15, 0.2) is 41.7 Å². The molecule has 23 heavy (non-hydrogen) atoms. The second-order valence-corrected chi connectivity index (χ2v) is 6.09. The molecule has 1 amide bonds. The van der Waals surface area contributed by atoms with Gasteiger partial charge in [0.2, 0.25) is 0 Å². The summed E-state index contributed by atoms with van der Waals surface area (Å²) in [6.45, 7) is 3.09. The summed E-state index contributed by atoms with van der Waals surface area (Å²) >= 11 is 0. The summed E-state index contributed by atoms with van der Waals surface area (Å²) in [5, 5.41) is 10.5. The number of nitrogens with zero attached hydrogens (tertiary/aromatic N) is 1. The highest BCUT2D eigenvalue weighted by Crippen LogP contribution is 2.53. The van der Waals surface area contributed by atoms with Gasteiger partial charge >= 0.3 is 5.97 Å². The van der Waals surface area contributed by atoms with Crippen molar-refractivity contribution in [2.45, 2.75) is 32.7 Å². The van der Waals surface area contributed by atoms with Crippen molar-refractivity contribution in [3.8, 4) is 0 Å². The zero-order valence-corrected chi connectivity index (χ0v) is 13.2. The van der Waals surface area contributed by atoms with Crippen molar-refractivity contribution < 1.29 is 19.4 Å². The van der Waals surface area contributed by atoms with Gasteiger partial charge in [0.05, 0.1) is 12.2 Å². The number of carbonyl (C=O) groups excluding carboxylic acids is 2. The SMILES string of the molecule is CCOC(=O)C1(/C(O)=C2\CCN(Cc3ccccc3)C2=O)CC1. The summed E-state index contributed by atoms with van der Waals surface area (Å²) in [5.41, 5.74) is 0.448. The van der Waals surface area contributed by atoms with Crippen LogP contribution in [0.5, 0.6) is 0 Å². The van der Waals surface area contributed by atoms with E-state index < -0.39 is 11.4 Å². The summed E-state index contributed by atoms with van der Waals surface area (Å²) in [4.78, 5) is 26.3. The number of hydrogen-bond donors (Lipinski definition) is 1.